The van der Waals surface area contributed by atoms with Gasteiger partial charge in [-0.15, -0.1) is 16.4 Å². The van der Waals surface area contributed by atoms with Crippen LogP contribution in [0.2, 0.25) is 0 Å². The molecule has 0 fully saturated rings. The summed E-state index contributed by atoms with van der Waals surface area (Å²) < 4.78 is 2.41. The molecule has 0 radical (unpaired) electrons. The van der Waals surface area contributed by atoms with Gasteiger partial charge in [0.05, 0.1) is 21.9 Å². The maximum Gasteiger partial charge on any atom is 0.322 e. The Hall–Kier alpha value is -3.01. The van der Waals surface area contributed by atoms with Crippen molar-refractivity contribution in [2.75, 3.05) is 24.7 Å². The normalized spacial score (nSPS) is 10.6. The SMILES string of the molecule is CN(C)C(=O)Nc1cn(CC(=O)Nc2ccc3scnc3c2)nn1. The Morgan fingerprint density at radius 3 is 2.92 bits per heavy atom. The Morgan fingerprint density at radius 2 is 2.12 bits per heavy atom. The maximum atomic E-state index is 12.1. The molecule has 9 nitrogen and oxygen atoms in total. The van der Waals surface area contributed by atoms with Crippen LogP contribution < -0.4 is 10.6 Å². The first-order valence-corrected chi connectivity index (χ1v) is 7.91. The van der Waals surface area contributed by atoms with Crippen molar-refractivity contribution in [2.45, 2.75) is 6.54 Å². The van der Waals surface area contributed by atoms with Crippen molar-refractivity contribution >= 4 is 45.0 Å². The molecule has 0 atom stereocenters. The van der Waals surface area contributed by atoms with E-state index in [-0.39, 0.29) is 24.3 Å². The third-order valence-corrected chi connectivity index (χ3v) is 3.91. The summed E-state index contributed by atoms with van der Waals surface area (Å²) in [4.78, 5) is 29.2. The van der Waals surface area contributed by atoms with Gasteiger partial charge in [-0.25, -0.2) is 14.5 Å². The van der Waals surface area contributed by atoms with Gasteiger partial charge >= 0.3 is 6.03 Å². The van der Waals surface area contributed by atoms with E-state index < -0.39 is 0 Å². The summed E-state index contributed by atoms with van der Waals surface area (Å²) in [6.45, 7) is -0.0140. The Morgan fingerprint density at radius 1 is 1.29 bits per heavy atom. The van der Waals surface area contributed by atoms with Crippen molar-refractivity contribution in [3.8, 4) is 0 Å². The molecule has 0 saturated heterocycles. The quantitative estimate of drug-likeness (QED) is 0.747. The molecule has 3 amide bonds. The van der Waals surface area contributed by atoms with Gasteiger partial charge in [0, 0.05) is 19.8 Å². The molecule has 0 aliphatic carbocycles. The van der Waals surface area contributed by atoms with Crippen molar-refractivity contribution < 1.29 is 9.59 Å². The van der Waals surface area contributed by atoms with Crippen LogP contribution in [0.25, 0.3) is 10.2 Å². The Labute approximate surface area is 141 Å². The monoisotopic (exact) mass is 345 g/mol. The van der Waals surface area contributed by atoms with Crippen LogP contribution in [0.1, 0.15) is 0 Å². The predicted octanol–water partition coefficient (Wildman–Crippen LogP) is 1.62. The molecule has 0 bridgehead atoms. The molecule has 2 heterocycles. The third-order valence-electron chi connectivity index (χ3n) is 3.10. The Balaban J connectivity index is 1.60. The zero-order valence-electron chi connectivity index (χ0n) is 13.1. The molecule has 3 rings (SSSR count). The summed E-state index contributed by atoms with van der Waals surface area (Å²) in [5.41, 5.74) is 3.27. The van der Waals surface area contributed by atoms with Crippen LogP contribution in [0.4, 0.5) is 16.3 Å². The lowest BCUT2D eigenvalue weighted by Crippen LogP contribution is -2.27. The average Bonchev–Trinajstić information content (AvgIpc) is 3.15. The van der Waals surface area contributed by atoms with E-state index in [0.29, 0.717) is 5.69 Å². The van der Waals surface area contributed by atoms with Crippen molar-refractivity contribution in [3.63, 3.8) is 0 Å². The van der Waals surface area contributed by atoms with Gasteiger partial charge in [0.15, 0.2) is 5.82 Å². The van der Waals surface area contributed by atoms with E-state index in [2.05, 4.69) is 25.9 Å². The minimum Gasteiger partial charge on any atom is -0.331 e. The van der Waals surface area contributed by atoms with Crippen LogP contribution in [0, 0.1) is 0 Å². The number of anilines is 2. The first-order valence-electron chi connectivity index (χ1n) is 7.03. The summed E-state index contributed by atoms with van der Waals surface area (Å²) in [6, 6.07) is 5.23. The maximum absolute atomic E-state index is 12.1. The highest BCUT2D eigenvalue weighted by Crippen LogP contribution is 2.21. The number of carbonyl (C=O) groups is 2. The fraction of sp³-hybridized carbons (Fsp3) is 0.214. The first kappa shape index (κ1) is 15.9. The summed E-state index contributed by atoms with van der Waals surface area (Å²) in [7, 11) is 3.23. The lowest BCUT2D eigenvalue weighted by molar-refractivity contribution is -0.116. The fourth-order valence-electron chi connectivity index (χ4n) is 1.94. The average molecular weight is 345 g/mol. The van der Waals surface area contributed by atoms with Crippen LogP contribution in [0.15, 0.2) is 29.9 Å². The number of aromatic nitrogens is 4. The second kappa shape index (κ2) is 6.62. The number of rotatable bonds is 4. The summed E-state index contributed by atoms with van der Waals surface area (Å²) in [5.74, 6) is 0.0327. The van der Waals surface area contributed by atoms with Gasteiger partial charge in [0.2, 0.25) is 5.91 Å². The zero-order valence-corrected chi connectivity index (χ0v) is 13.9. The Kier molecular flexibility index (Phi) is 4.38. The number of nitrogens with one attached hydrogen (secondary N) is 2. The van der Waals surface area contributed by atoms with E-state index in [1.807, 2.05) is 18.2 Å². The largest absolute Gasteiger partial charge is 0.331 e. The summed E-state index contributed by atoms with van der Waals surface area (Å²) >= 11 is 1.54. The molecule has 124 valence electrons. The second-order valence-electron chi connectivity index (χ2n) is 5.21. The number of amides is 3. The van der Waals surface area contributed by atoms with E-state index in [1.165, 1.54) is 15.8 Å². The molecule has 0 spiro atoms. The number of benzene rings is 1. The standard InChI is InChI=1S/C14H15N7O2S/c1-20(2)14(23)17-12-6-21(19-18-12)7-13(22)16-9-3-4-11-10(5-9)15-8-24-11/h3-6,8H,7H2,1-2H3,(H,16,22)(H,17,23). The van der Waals surface area contributed by atoms with Crippen LogP contribution in [0.3, 0.4) is 0 Å². The molecular weight excluding hydrogens is 330 g/mol. The fourth-order valence-corrected chi connectivity index (χ4v) is 2.60. The van der Waals surface area contributed by atoms with Crippen LogP contribution in [-0.4, -0.2) is 50.9 Å². The molecule has 0 aliphatic heterocycles. The lowest BCUT2D eigenvalue weighted by atomic mass is 10.3. The smallest absolute Gasteiger partial charge is 0.322 e. The predicted molar refractivity (Wildman–Crippen MR) is 91.0 cm³/mol. The molecule has 2 aromatic heterocycles. The van der Waals surface area contributed by atoms with Crippen molar-refractivity contribution in [1.29, 1.82) is 0 Å². The van der Waals surface area contributed by atoms with Crippen LogP contribution in [-0.2, 0) is 11.3 Å². The molecule has 0 aliphatic rings. The molecule has 1 aromatic carbocycles. The summed E-state index contributed by atoms with van der Waals surface area (Å²) in [5, 5.41) is 12.9. The molecular formula is C14H15N7O2S. The van der Waals surface area contributed by atoms with Gasteiger partial charge < -0.3 is 10.2 Å². The van der Waals surface area contributed by atoms with Crippen molar-refractivity contribution in [3.05, 3.63) is 29.9 Å². The van der Waals surface area contributed by atoms with E-state index in [0.717, 1.165) is 10.2 Å². The van der Waals surface area contributed by atoms with Crippen molar-refractivity contribution in [1.82, 2.24) is 24.9 Å². The molecule has 24 heavy (non-hydrogen) atoms. The number of urea groups is 1. The number of hydrogen-bond donors (Lipinski definition) is 2. The minimum atomic E-state index is -0.317. The minimum absolute atomic E-state index is 0.0140. The highest BCUT2D eigenvalue weighted by Gasteiger charge is 2.10. The van der Waals surface area contributed by atoms with Gasteiger partial charge in [-0.1, -0.05) is 5.21 Å². The van der Waals surface area contributed by atoms with E-state index in [9.17, 15) is 9.59 Å². The van der Waals surface area contributed by atoms with E-state index >= 15 is 0 Å². The molecule has 0 saturated carbocycles. The van der Waals surface area contributed by atoms with Gasteiger partial charge in [0.25, 0.3) is 0 Å². The van der Waals surface area contributed by atoms with E-state index in [1.54, 1.807) is 30.9 Å². The van der Waals surface area contributed by atoms with E-state index in [4.69, 9.17) is 0 Å². The van der Waals surface area contributed by atoms with Gasteiger partial charge in [-0.3, -0.25) is 10.1 Å². The Bertz CT molecular complexity index is 886. The summed E-state index contributed by atoms with van der Waals surface area (Å²) in [6.07, 6.45) is 1.49. The highest BCUT2D eigenvalue weighted by atomic mass is 32.1. The number of thiazole rings is 1. The number of nitrogens with zero attached hydrogens (tertiary/aromatic N) is 5. The van der Waals surface area contributed by atoms with Crippen LogP contribution >= 0.6 is 11.3 Å². The molecule has 10 heteroatoms. The zero-order chi connectivity index (χ0) is 17.1. The number of carbonyl (C=O) groups excluding carboxylic acids is 2. The molecule has 3 aromatic rings. The number of hydrogen-bond acceptors (Lipinski definition) is 6. The second-order valence-corrected chi connectivity index (χ2v) is 6.10. The van der Waals surface area contributed by atoms with Gasteiger partial charge in [-0.05, 0) is 18.2 Å². The van der Waals surface area contributed by atoms with Gasteiger partial charge in [-0.2, -0.15) is 0 Å². The van der Waals surface area contributed by atoms with Gasteiger partial charge in [0.1, 0.15) is 6.54 Å². The molecule has 2 N–H and O–H groups in total. The molecule has 0 unspecified atom stereocenters. The number of fused-ring (bicyclic) bond motifs is 1. The van der Waals surface area contributed by atoms with Crippen LogP contribution in [0.5, 0.6) is 0 Å². The highest BCUT2D eigenvalue weighted by molar-refractivity contribution is 7.16. The topological polar surface area (TPSA) is 105 Å². The van der Waals surface area contributed by atoms with Crippen molar-refractivity contribution in [2.24, 2.45) is 0 Å². The lowest BCUT2D eigenvalue weighted by Gasteiger charge is -2.09. The first-order chi connectivity index (χ1) is 11.5. The third kappa shape index (κ3) is 3.66.